The van der Waals surface area contributed by atoms with E-state index in [2.05, 4.69) is 15.5 Å². The van der Waals surface area contributed by atoms with Crippen LogP contribution in [0.15, 0.2) is 52.9 Å². The van der Waals surface area contributed by atoms with Crippen LogP contribution in [0.2, 0.25) is 0 Å². The van der Waals surface area contributed by atoms with Gasteiger partial charge in [0.05, 0.1) is 0 Å². The predicted octanol–water partition coefficient (Wildman–Crippen LogP) is 3.61. The Hall–Kier alpha value is -2.95. The number of rotatable bonds is 3. The highest BCUT2D eigenvalue weighted by molar-refractivity contribution is 6.00. The summed E-state index contributed by atoms with van der Waals surface area (Å²) in [6, 6.07) is 15.1. The van der Waals surface area contributed by atoms with E-state index in [4.69, 9.17) is 4.42 Å². The van der Waals surface area contributed by atoms with E-state index in [-0.39, 0.29) is 5.89 Å². The molecular weight excluding hydrogens is 278 g/mol. The molecule has 0 aliphatic heterocycles. The monoisotopic (exact) mass is 293 g/mol. The van der Waals surface area contributed by atoms with Crippen LogP contribution in [0.4, 0.5) is 5.69 Å². The van der Waals surface area contributed by atoms with Gasteiger partial charge >= 0.3 is 11.8 Å². The minimum absolute atomic E-state index is 0.0591. The minimum Gasteiger partial charge on any atom is -0.412 e. The zero-order chi connectivity index (χ0) is 15.5. The largest absolute Gasteiger partial charge is 0.412 e. The molecule has 0 saturated heterocycles. The lowest BCUT2D eigenvalue weighted by Crippen LogP contribution is -2.12. The Balaban J connectivity index is 1.76. The molecule has 2 aromatic carbocycles. The Kier molecular flexibility index (Phi) is 3.70. The third kappa shape index (κ3) is 3.03. The molecular formula is C17H15N3O2. The minimum atomic E-state index is -0.422. The molecule has 0 aliphatic rings. The number of benzene rings is 2. The summed E-state index contributed by atoms with van der Waals surface area (Å²) in [5, 5.41) is 10.4. The second-order valence-electron chi connectivity index (χ2n) is 5.10. The fraction of sp³-hybridized carbons (Fsp3) is 0.118. The first kappa shape index (κ1) is 14.0. The normalized spacial score (nSPS) is 10.5. The van der Waals surface area contributed by atoms with Crippen LogP contribution < -0.4 is 5.32 Å². The smallest absolute Gasteiger partial charge is 0.313 e. The summed E-state index contributed by atoms with van der Waals surface area (Å²) in [6.45, 7) is 3.98. The number of hydrogen-bond donors (Lipinski definition) is 1. The zero-order valence-electron chi connectivity index (χ0n) is 12.3. The summed E-state index contributed by atoms with van der Waals surface area (Å²) < 4.78 is 5.43. The lowest BCUT2D eigenvalue weighted by Gasteiger charge is -2.02. The van der Waals surface area contributed by atoms with Gasteiger partial charge in [-0.3, -0.25) is 4.79 Å². The van der Waals surface area contributed by atoms with Crippen molar-refractivity contribution in [3.8, 4) is 11.5 Å². The lowest BCUT2D eigenvalue weighted by atomic mass is 10.1. The molecule has 1 heterocycles. The van der Waals surface area contributed by atoms with Crippen molar-refractivity contribution < 1.29 is 9.21 Å². The molecule has 22 heavy (non-hydrogen) atoms. The van der Waals surface area contributed by atoms with Gasteiger partial charge in [-0.2, -0.15) is 0 Å². The Morgan fingerprint density at radius 2 is 1.50 bits per heavy atom. The summed E-state index contributed by atoms with van der Waals surface area (Å²) in [6.07, 6.45) is 0. The van der Waals surface area contributed by atoms with Gasteiger partial charge < -0.3 is 9.73 Å². The Labute approximate surface area is 128 Å². The second-order valence-corrected chi connectivity index (χ2v) is 5.10. The number of aryl methyl sites for hydroxylation is 2. The molecule has 0 unspecified atom stereocenters. The summed E-state index contributed by atoms with van der Waals surface area (Å²) >= 11 is 0. The summed E-state index contributed by atoms with van der Waals surface area (Å²) in [5.41, 5.74) is 3.73. The van der Waals surface area contributed by atoms with E-state index in [1.807, 2.05) is 62.4 Å². The number of carbonyl (C=O) groups excluding carboxylic acids is 1. The average Bonchev–Trinajstić information content (AvgIpc) is 3.00. The molecule has 110 valence electrons. The third-order valence-electron chi connectivity index (χ3n) is 3.23. The van der Waals surface area contributed by atoms with Crippen LogP contribution >= 0.6 is 0 Å². The van der Waals surface area contributed by atoms with Crippen LogP contribution in [-0.2, 0) is 0 Å². The van der Waals surface area contributed by atoms with Gasteiger partial charge in [0.25, 0.3) is 0 Å². The number of nitrogens with zero attached hydrogens (tertiary/aromatic N) is 2. The molecule has 0 radical (unpaired) electrons. The van der Waals surface area contributed by atoms with Gasteiger partial charge in [-0.25, -0.2) is 0 Å². The molecule has 1 N–H and O–H groups in total. The van der Waals surface area contributed by atoms with E-state index in [0.29, 0.717) is 11.6 Å². The summed E-state index contributed by atoms with van der Waals surface area (Å²) in [5.74, 6) is -0.153. The quantitative estimate of drug-likeness (QED) is 0.801. The van der Waals surface area contributed by atoms with Crippen LogP contribution in [0, 0.1) is 13.8 Å². The molecule has 0 fully saturated rings. The Bertz CT molecular complexity index is 790. The van der Waals surface area contributed by atoms with Crippen molar-refractivity contribution >= 4 is 11.6 Å². The molecule has 0 saturated carbocycles. The number of aromatic nitrogens is 2. The van der Waals surface area contributed by atoms with Gasteiger partial charge in [-0.05, 0) is 38.1 Å². The van der Waals surface area contributed by atoms with Crippen molar-refractivity contribution in [2.45, 2.75) is 13.8 Å². The summed E-state index contributed by atoms with van der Waals surface area (Å²) in [7, 11) is 0. The van der Waals surface area contributed by atoms with E-state index >= 15 is 0 Å². The third-order valence-corrected chi connectivity index (χ3v) is 3.23. The van der Waals surface area contributed by atoms with Crippen molar-refractivity contribution in [3.63, 3.8) is 0 Å². The van der Waals surface area contributed by atoms with Crippen molar-refractivity contribution in [1.29, 1.82) is 0 Å². The number of hydrogen-bond acceptors (Lipinski definition) is 4. The molecule has 5 heteroatoms. The maximum absolute atomic E-state index is 12.1. The standard InChI is InChI=1S/C17H15N3O2/c1-11-3-7-13(8-4-11)16-19-20-17(22-16)15(21)18-14-9-5-12(2)6-10-14/h3-10H,1-2H3,(H,18,21). The molecule has 5 nitrogen and oxygen atoms in total. The van der Waals surface area contributed by atoms with Crippen molar-refractivity contribution in [3.05, 3.63) is 65.5 Å². The molecule has 0 atom stereocenters. The maximum atomic E-state index is 12.1. The molecule has 0 aliphatic carbocycles. The van der Waals surface area contributed by atoms with Gasteiger partial charge in [0, 0.05) is 11.3 Å². The number of carbonyl (C=O) groups is 1. The summed E-state index contributed by atoms with van der Waals surface area (Å²) in [4.78, 5) is 12.1. The van der Waals surface area contributed by atoms with E-state index < -0.39 is 5.91 Å². The van der Waals surface area contributed by atoms with Crippen LogP contribution in [-0.4, -0.2) is 16.1 Å². The van der Waals surface area contributed by atoms with E-state index in [1.165, 1.54) is 0 Å². The molecule has 0 bridgehead atoms. The maximum Gasteiger partial charge on any atom is 0.313 e. The second kappa shape index (κ2) is 5.81. The van der Waals surface area contributed by atoms with Gasteiger partial charge in [0.15, 0.2) is 0 Å². The van der Waals surface area contributed by atoms with Gasteiger partial charge in [0.1, 0.15) is 0 Å². The first-order chi connectivity index (χ1) is 10.6. The van der Waals surface area contributed by atoms with Crippen molar-refractivity contribution in [2.24, 2.45) is 0 Å². The van der Waals surface area contributed by atoms with Crippen LogP contribution in [0.1, 0.15) is 21.8 Å². The van der Waals surface area contributed by atoms with E-state index in [0.717, 1.165) is 16.7 Å². The molecule has 0 spiro atoms. The van der Waals surface area contributed by atoms with Crippen molar-refractivity contribution in [1.82, 2.24) is 10.2 Å². The molecule has 1 amide bonds. The van der Waals surface area contributed by atoms with Crippen molar-refractivity contribution in [2.75, 3.05) is 5.32 Å². The topological polar surface area (TPSA) is 68.0 Å². The molecule has 3 rings (SSSR count). The van der Waals surface area contributed by atoms with Gasteiger partial charge in [-0.1, -0.05) is 35.4 Å². The van der Waals surface area contributed by atoms with E-state index in [1.54, 1.807) is 0 Å². The lowest BCUT2D eigenvalue weighted by molar-refractivity contribution is 0.0991. The highest BCUT2D eigenvalue weighted by Crippen LogP contribution is 2.19. The highest BCUT2D eigenvalue weighted by atomic mass is 16.4. The van der Waals surface area contributed by atoms with E-state index in [9.17, 15) is 4.79 Å². The zero-order valence-corrected chi connectivity index (χ0v) is 12.3. The molecule has 1 aromatic heterocycles. The number of nitrogens with one attached hydrogen (secondary N) is 1. The Morgan fingerprint density at radius 3 is 2.14 bits per heavy atom. The van der Waals surface area contributed by atoms with Gasteiger partial charge in [-0.15, -0.1) is 10.2 Å². The molecule has 3 aromatic rings. The highest BCUT2D eigenvalue weighted by Gasteiger charge is 2.15. The first-order valence-corrected chi connectivity index (χ1v) is 6.90. The fourth-order valence-corrected chi connectivity index (χ4v) is 1.95. The van der Waals surface area contributed by atoms with Crippen LogP contribution in [0.3, 0.4) is 0 Å². The van der Waals surface area contributed by atoms with Gasteiger partial charge in [0.2, 0.25) is 5.89 Å². The number of amides is 1. The average molecular weight is 293 g/mol. The predicted molar refractivity (Wildman–Crippen MR) is 83.6 cm³/mol. The fourth-order valence-electron chi connectivity index (χ4n) is 1.95. The first-order valence-electron chi connectivity index (χ1n) is 6.90. The Morgan fingerprint density at radius 1 is 0.909 bits per heavy atom. The van der Waals surface area contributed by atoms with Crippen LogP contribution in [0.25, 0.3) is 11.5 Å². The SMILES string of the molecule is Cc1ccc(NC(=O)c2nnc(-c3ccc(C)cc3)o2)cc1. The van der Waals surface area contributed by atoms with Crippen LogP contribution in [0.5, 0.6) is 0 Å². The number of anilines is 1.